The third kappa shape index (κ3) is 1.93. The summed E-state index contributed by atoms with van der Waals surface area (Å²) in [6.45, 7) is 0. The van der Waals surface area contributed by atoms with E-state index in [1.807, 2.05) is 30.3 Å². The maximum absolute atomic E-state index is 12.2. The molecule has 3 amide bonds. The molecule has 20 heavy (non-hydrogen) atoms. The SMILES string of the molecule is O=C1NC(=O)C(Cc2ccccc2)(C2CC2C(=O)O)N1. The van der Waals surface area contributed by atoms with E-state index in [-0.39, 0.29) is 5.92 Å². The van der Waals surface area contributed by atoms with Crippen LogP contribution in [-0.4, -0.2) is 28.6 Å². The first-order valence-electron chi connectivity index (χ1n) is 6.43. The van der Waals surface area contributed by atoms with Crippen molar-refractivity contribution in [3.63, 3.8) is 0 Å². The fourth-order valence-electron chi connectivity index (χ4n) is 2.95. The van der Waals surface area contributed by atoms with Crippen molar-refractivity contribution in [1.29, 1.82) is 0 Å². The lowest BCUT2D eigenvalue weighted by atomic mass is 9.85. The number of amides is 3. The standard InChI is InChI=1S/C14H14N2O4/c17-11(18)9-6-10(9)14(12(19)15-13(20)16-14)7-8-4-2-1-3-5-8/h1-5,9-10H,6-7H2,(H,17,18)(H2,15,16,19,20). The van der Waals surface area contributed by atoms with Crippen LogP contribution < -0.4 is 10.6 Å². The van der Waals surface area contributed by atoms with Gasteiger partial charge >= 0.3 is 12.0 Å². The van der Waals surface area contributed by atoms with Crippen LogP contribution in [0.25, 0.3) is 0 Å². The third-order valence-corrected chi connectivity index (χ3v) is 4.04. The normalized spacial score (nSPS) is 31.6. The van der Waals surface area contributed by atoms with Gasteiger partial charge in [0, 0.05) is 12.3 Å². The maximum Gasteiger partial charge on any atom is 0.322 e. The molecule has 3 rings (SSSR count). The quantitative estimate of drug-likeness (QED) is 0.698. The van der Waals surface area contributed by atoms with Crippen LogP contribution in [0.3, 0.4) is 0 Å². The van der Waals surface area contributed by atoms with Crippen molar-refractivity contribution < 1.29 is 19.5 Å². The second kappa shape index (κ2) is 4.33. The number of urea groups is 1. The van der Waals surface area contributed by atoms with Gasteiger partial charge in [-0.3, -0.25) is 14.9 Å². The molecule has 1 aromatic carbocycles. The Morgan fingerprint density at radius 2 is 2.00 bits per heavy atom. The van der Waals surface area contributed by atoms with E-state index in [9.17, 15) is 14.4 Å². The van der Waals surface area contributed by atoms with Crippen molar-refractivity contribution in [2.45, 2.75) is 18.4 Å². The highest BCUT2D eigenvalue weighted by atomic mass is 16.4. The number of rotatable bonds is 4. The molecule has 0 spiro atoms. The lowest BCUT2D eigenvalue weighted by Gasteiger charge is -2.26. The van der Waals surface area contributed by atoms with Crippen molar-refractivity contribution in [2.75, 3.05) is 0 Å². The van der Waals surface area contributed by atoms with E-state index in [0.717, 1.165) is 5.56 Å². The lowest BCUT2D eigenvalue weighted by molar-refractivity contribution is -0.139. The van der Waals surface area contributed by atoms with Gasteiger partial charge in [-0.1, -0.05) is 30.3 Å². The van der Waals surface area contributed by atoms with E-state index in [1.165, 1.54) is 0 Å². The summed E-state index contributed by atoms with van der Waals surface area (Å²) >= 11 is 0. The van der Waals surface area contributed by atoms with Gasteiger partial charge in [-0.05, 0) is 12.0 Å². The van der Waals surface area contributed by atoms with Crippen molar-refractivity contribution in [2.24, 2.45) is 11.8 Å². The Balaban J connectivity index is 1.91. The predicted octanol–water partition coefficient (Wildman–Crippen LogP) is 0.528. The first-order valence-corrected chi connectivity index (χ1v) is 6.43. The van der Waals surface area contributed by atoms with E-state index >= 15 is 0 Å². The summed E-state index contributed by atoms with van der Waals surface area (Å²) in [5.41, 5.74) is -0.248. The summed E-state index contributed by atoms with van der Waals surface area (Å²) in [6.07, 6.45) is 0.718. The van der Waals surface area contributed by atoms with Crippen LogP contribution >= 0.6 is 0 Å². The van der Waals surface area contributed by atoms with Crippen LogP contribution in [-0.2, 0) is 16.0 Å². The number of aliphatic carboxylic acids is 1. The average Bonchev–Trinajstić information content (AvgIpc) is 3.14. The van der Waals surface area contributed by atoms with E-state index < -0.39 is 29.4 Å². The summed E-state index contributed by atoms with van der Waals surface area (Å²) in [5, 5.41) is 13.9. The number of imide groups is 1. The van der Waals surface area contributed by atoms with E-state index in [2.05, 4.69) is 10.6 Å². The Morgan fingerprint density at radius 3 is 2.50 bits per heavy atom. The van der Waals surface area contributed by atoms with Crippen LogP contribution in [0.5, 0.6) is 0 Å². The lowest BCUT2D eigenvalue weighted by Crippen LogP contribution is -2.51. The summed E-state index contributed by atoms with van der Waals surface area (Å²) in [5.74, 6) is -2.27. The molecule has 1 aromatic rings. The topological polar surface area (TPSA) is 95.5 Å². The van der Waals surface area contributed by atoms with Gasteiger partial charge in [0.15, 0.2) is 0 Å². The van der Waals surface area contributed by atoms with Crippen molar-refractivity contribution in [3.8, 4) is 0 Å². The molecule has 2 aliphatic rings. The number of carbonyl (C=O) groups excluding carboxylic acids is 2. The van der Waals surface area contributed by atoms with E-state index in [4.69, 9.17) is 5.11 Å². The van der Waals surface area contributed by atoms with Gasteiger partial charge in [0.2, 0.25) is 0 Å². The summed E-state index contributed by atoms with van der Waals surface area (Å²) in [6, 6.07) is 8.72. The van der Waals surface area contributed by atoms with Gasteiger partial charge in [-0.15, -0.1) is 0 Å². The van der Waals surface area contributed by atoms with Crippen LogP contribution in [0.4, 0.5) is 4.79 Å². The van der Waals surface area contributed by atoms with Crippen LogP contribution in [0.1, 0.15) is 12.0 Å². The number of hydrogen-bond acceptors (Lipinski definition) is 3. The molecule has 0 bridgehead atoms. The molecular weight excluding hydrogens is 260 g/mol. The largest absolute Gasteiger partial charge is 0.481 e. The van der Waals surface area contributed by atoms with Gasteiger partial charge in [0.1, 0.15) is 5.54 Å². The van der Waals surface area contributed by atoms with E-state index in [0.29, 0.717) is 12.8 Å². The minimum Gasteiger partial charge on any atom is -0.481 e. The summed E-state index contributed by atoms with van der Waals surface area (Å²) < 4.78 is 0. The molecule has 0 aromatic heterocycles. The monoisotopic (exact) mass is 274 g/mol. The summed E-state index contributed by atoms with van der Waals surface area (Å²) in [4.78, 5) is 34.7. The molecule has 1 aliphatic heterocycles. The second-order valence-corrected chi connectivity index (χ2v) is 5.33. The van der Waals surface area contributed by atoms with Crippen molar-refractivity contribution in [3.05, 3.63) is 35.9 Å². The highest BCUT2D eigenvalue weighted by Crippen LogP contribution is 2.49. The van der Waals surface area contributed by atoms with Gasteiger partial charge in [-0.2, -0.15) is 0 Å². The van der Waals surface area contributed by atoms with Gasteiger partial charge in [-0.25, -0.2) is 4.79 Å². The zero-order valence-electron chi connectivity index (χ0n) is 10.6. The molecule has 1 saturated carbocycles. The zero-order valence-corrected chi connectivity index (χ0v) is 10.6. The fraction of sp³-hybridized carbons (Fsp3) is 0.357. The molecule has 104 valence electrons. The molecule has 3 unspecified atom stereocenters. The van der Waals surface area contributed by atoms with Gasteiger partial charge in [0.25, 0.3) is 5.91 Å². The third-order valence-electron chi connectivity index (χ3n) is 4.04. The number of nitrogens with one attached hydrogen (secondary N) is 2. The molecule has 1 aliphatic carbocycles. The molecule has 6 heteroatoms. The number of hydrogen-bond donors (Lipinski definition) is 3. The average molecular weight is 274 g/mol. The zero-order chi connectivity index (χ0) is 14.3. The minimum atomic E-state index is -1.14. The van der Waals surface area contributed by atoms with Crippen molar-refractivity contribution in [1.82, 2.24) is 10.6 Å². The van der Waals surface area contributed by atoms with Crippen molar-refractivity contribution >= 4 is 17.9 Å². The molecule has 0 radical (unpaired) electrons. The molecule has 6 nitrogen and oxygen atoms in total. The van der Waals surface area contributed by atoms with Crippen LogP contribution in [0.2, 0.25) is 0 Å². The van der Waals surface area contributed by atoms with Crippen LogP contribution in [0.15, 0.2) is 30.3 Å². The predicted molar refractivity (Wildman–Crippen MR) is 68.8 cm³/mol. The Morgan fingerprint density at radius 1 is 1.30 bits per heavy atom. The first kappa shape index (κ1) is 12.7. The Labute approximate surface area is 115 Å². The number of carbonyl (C=O) groups is 3. The number of benzene rings is 1. The van der Waals surface area contributed by atoms with Crippen LogP contribution in [0, 0.1) is 11.8 Å². The molecule has 1 saturated heterocycles. The smallest absolute Gasteiger partial charge is 0.322 e. The second-order valence-electron chi connectivity index (χ2n) is 5.33. The Bertz CT molecular complexity index is 586. The van der Waals surface area contributed by atoms with E-state index in [1.54, 1.807) is 0 Å². The first-order chi connectivity index (χ1) is 9.53. The van der Waals surface area contributed by atoms with Gasteiger partial charge in [0.05, 0.1) is 5.92 Å². The number of carboxylic acid groups (broad SMARTS) is 1. The highest BCUT2D eigenvalue weighted by Gasteiger charge is 2.63. The fourth-order valence-corrected chi connectivity index (χ4v) is 2.95. The molecule has 1 heterocycles. The minimum absolute atomic E-state index is 0.305. The maximum atomic E-state index is 12.2. The highest BCUT2D eigenvalue weighted by molar-refractivity contribution is 6.08. The van der Waals surface area contributed by atoms with Gasteiger partial charge < -0.3 is 10.4 Å². The molecule has 3 atom stereocenters. The summed E-state index contributed by atoms with van der Waals surface area (Å²) in [7, 11) is 0. The molecular formula is C14H14N2O4. The molecule has 3 N–H and O–H groups in total. The number of carboxylic acids is 1. The Kier molecular flexibility index (Phi) is 2.74. The molecule has 2 fully saturated rings. The Hall–Kier alpha value is -2.37.